The van der Waals surface area contributed by atoms with Gasteiger partial charge >= 0.3 is 11.6 Å². The van der Waals surface area contributed by atoms with Crippen molar-refractivity contribution in [3.8, 4) is 11.5 Å². The number of esters is 1. The van der Waals surface area contributed by atoms with Gasteiger partial charge in [-0.15, -0.1) is 0 Å². The number of hydrogen-bond donors (Lipinski definition) is 0. The highest BCUT2D eigenvalue weighted by molar-refractivity contribution is 5.90. The number of carbonyl (C=O) groups excluding carboxylic acids is 1. The van der Waals surface area contributed by atoms with Crippen LogP contribution in [0.25, 0.3) is 17.0 Å². The van der Waals surface area contributed by atoms with Gasteiger partial charge in [0.05, 0.1) is 17.4 Å². The molecule has 1 atom stereocenters. The second-order valence-electron chi connectivity index (χ2n) is 6.41. The van der Waals surface area contributed by atoms with Crippen LogP contribution in [0.5, 0.6) is 11.5 Å². The third-order valence-corrected chi connectivity index (χ3v) is 4.84. The summed E-state index contributed by atoms with van der Waals surface area (Å²) in [5.41, 5.74) is 2.11. The van der Waals surface area contributed by atoms with E-state index in [1.165, 1.54) is 0 Å². The molecule has 5 heteroatoms. The molecule has 5 nitrogen and oxygen atoms in total. The van der Waals surface area contributed by atoms with Crippen molar-refractivity contribution in [3.63, 3.8) is 0 Å². The van der Waals surface area contributed by atoms with Gasteiger partial charge in [0.1, 0.15) is 17.9 Å². The summed E-state index contributed by atoms with van der Waals surface area (Å²) >= 11 is 0. The highest BCUT2D eigenvalue weighted by Crippen LogP contribution is 2.42. The summed E-state index contributed by atoms with van der Waals surface area (Å²) in [5, 5.41) is 0.623. The Labute approximate surface area is 148 Å². The molecule has 26 heavy (non-hydrogen) atoms. The Morgan fingerprint density at radius 1 is 0.962 bits per heavy atom. The Morgan fingerprint density at radius 2 is 1.77 bits per heavy atom. The first-order valence-electron chi connectivity index (χ1n) is 8.39. The molecule has 1 aromatic heterocycles. The zero-order valence-electron chi connectivity index (χ0n) is 13.7. The van der Waals surface area contributed by atoms with Crippen LogP contribution in [0.15, 0.2) is 63.3 Å². The first kappa shape index (κ1) is 15.0. The monoisotopic (exact) mass is 346 g/mol. The molecule has 3 heterocycles. The summed E-state index contributed by atoms with van der Waals surface area (Å²) in [4.78, 5) is 24.9. The molecule has 128 valence electrons. The number of hydrogen-bond acceptors (Lipinski definition) is 5. The smallest absolute Gasteiger partial charge is 0.343 e. The van der Waals surface area contributed by atoms with Crippen molar-refractivity contribution in [1.29, 1.82) is 0 Å². The van der Waals surface area contributed by atoms with E-state index < -0.39 is 11.5 Å². The molecule has 3 aromatic rings. The van der Waals surface area contributed by atoms with Crippen molar-refractivity contribution in [2.75, 3.05) is 6.61 Å². The van der Waals surface area contributed by atoms with Crippen LogP contribution < -0.4 is 15.1 Å². The maximum Gasteiger partial charge on any atom is 0.343 e. The molecule has 0 unspecified atom stereocenters. The fourth-order valence-corrected chi connectivity index (χ4v) is 3.62. The van der Waals surface area contributed by atoms with Gasteiger partial charge in [-0.3, -0.25) is 4.79 Å². The van der Waals surface area contributed by atoms with Gasteiger partial charge in [-0.25, -0.2) is 4.79 Å². The van der Waals surface area contributed by atoms with Crippen LogP contribution in [0.3, 0.4) is 0 Å². The summed E-state index contributed by atoms with van der Waals surface area (Å²) < 4.78 is 16.7. The number of ether oxygens (including phenoxy) is 2. The van der Waals surface area contributed by atoms with Crippen LogP contribution in [0.1, 0.15) is 23.5 Å². The SMILES string of the molecule is O=C1C[C@H](C2=Cc3ccccc3OC2)c2c(c3ccccc3oc2=O)O1. The zero-order chi connectivity index (χ0) is 17.7. The molecular weight excluding hydrogens is 332 g/mol. The predicted molar refractivity (Wildman–Crippen MR) is 95.4 cm³/mol. The van der Waals surface area contributed by atoms with Gasteiger partial charge in [-0.05, 0) is 29.8 Å². The van der Waals surface area contributed by atoms with Crippen molar-refractivity contribution < 1.29 is 18.7 Å². The van der Waals surface area contributed by atoms with Gasteiger partial charge in [0.25, 0.3) is 0 Å². The Morgan fingerprint density at radius 3 is 2.69 bits per heavy atom. The van der Waals surface area contributed by atoms with Crippen molar-refractivity contribution in [1.82, 2.24) is 0 Å². The van der Waals surface area contributed by atoms with E-state index in [1.807, 2.05) is 36.4 Å². The lowest BCUT2D eigenvalue weighted by Gasteiger charge is -2.28. The molecular formula is C21H14O5. The molecule has 0 radical (unpaired) electrons. The minimum Gasteiger partial charge on any atom is -0.489 e. The van der Waals surface area contributed by atoms with E-state index in [9.17, 15) is 9.59 Å². The van der Waals surface area contributed by atoms with Gasteiger partial charge in [0.2, 0.25) is 0 Å². The van der Waals surface area contributed by atoms with Crippen molar-refractivity contribution in [3.05, 3.63) is 75.7 Å². The molecule has 5 rings (SSSR count). The lowest BCUT2D eigenvalue weighted by molar-refractivity contribution is -0.135. The molecule has 2 aromatic carbocycles. The molecule has 0 fully saturated rings. The Balaban J connectivity index is 1.72. The fraction of sp³-hybridized carbons (Fsp3) is 0.143. The zero-order valence-corrected chi connectivity index (χ0v) is 13.7. The van der Waals surface area contributed by atoms with Crippen molar-refractivity contribution >= 4 is 23.0 Å². The van der Waals surface area contributed by atoms with Gasteiger partial charge < -0.3 is 13.9 Å². The van der Waals surface area contributed by atoms with Gasteiger partial charge in [0, 0.05) is 11.5 Å². The molecule has 0 saturated heterocycles. The lowest BCUT2D eigenvalue weighted by Crippen LogP contribution is -2.29. The average Bonchev–Trinajstić information content (AvgIpc) is 2.67. The van der Waals surface area contributed by atoms with Crippen LogP contribution in [0.2, 0.25) is 0 Å². The number of rotatable bonds is 1. The quantitative estimate of drug-likeness (QED) is 0.497. The summed E-state index contributed by atoms with van der Waals surface area (Å²) in [6, 6.07) is 14.7. The Bertz CT molecular complexity index is 1140. The van der Waals surface area contributed by atoms with Crippen molar-refractivity contribution in [2.24, 2.45) is 0 Å². The normalized spacial score (nSPS) is 18.4. The molecule has 2 aliphatic heterocycles. The fourth-order valence-electron chi connectivity index (χ4n) is 3.62. The minimum absolute atomic E-state index is 0.0907. The van der Waals surface area contributed by atoms with Crippen LogP contribution >= 0.6 is 0 Å². The second-order valence-corrected chi connectivity index (χ2v) is 6.41. The molecule has 0 spiro atoms. The highest BCUT2D eigenvalue weighted by atomic mass is 16.5. The van der Waals surface area contributed by atoms with Gasteiger partial charge in [0.15, 0.2) is 5.75 Å². The summed E-state index contributed by atoms with van der Waals surface area (Å²) in [7, 11) is 0. The second kappa shape index (κ2) is 5.59. The number of benzene rings is 2. The largest absolute Gasteiger partial charge is 0.489 e. The molecule has 0 saturated carbocycles. The average molecular weight is 346 g/mol. The molecule has 0 N–H and O–H groups in total. The first-order valence-corrected chi connectivity index (χ1v) is 8.39. The standard InChI is InChI=1S/C21H14O5/c22-18-10-15(13-9-12-5-1-3-7-16(12)24-11-13)19-20(26-18)14-6-2-4-8-17(14)25-21(19)23/h1-9,15H,10-11H2/t15-/m1/s1. The summed E-state index contributed by atoms with van der Waals surface area (Å²) in [6.07, 6.45) is 2.08. The van der Waals surface area contributed by atoms with E-state index in [0.717, 1.165) is 16.9 Å². The lowest BCUT2D eigenvalue weighted by atomic mass is 9.85. The Hall–Kier alpha value is -3.34. The van der Waals surface area contributed by atoms with E-state index in [1.54, 1.807) is 18.2 Å². The molecule has 0 aliphatic carbocycles. The third kappa shape index (κ3) is 2.24. The Kier molecular flexibility index (Phi) is 3.22. The summed E-state index contributed by atoms with van der Waals surface area (Å²) in [5.74, 6) is 0.316. The van der Waals surface area contributed by atoms with Crippen LogP contribution in [0.4, 0.5) is 0 Å². The van der Waals surface area contributed by atoms with E-state index in [-0.39, 0.29) is 12.4 Å². The molecule has 0 amide bonds. The maximum atomic E-state index is 12.7. The van der Waals surface area contributed by atoms with Crippen LogP contribution in [-0.2, 0) is 4.79 Å². The molecule has 2 aliphatic rings. The van der Waals surface area contributed by atoms with Gasteiger partial charge in [-0.2, -0.15) is 0 Å². The number of fused-ring (bicyclic) bond motifs is 4. The third-order valence-electron chi connectivity index (χ3n) is 4.84. The predicted octanol–water partition coefficient (Wildman–Crippen LogP) is 3.66. The highest BCUT2D eigenvalue weighted by Gasteiger charge is 2.35. The van der Waals surface area contributed by atoms with Gasteiger partial charge in [-0.1, -0.05) is 30.3 Å². The van der Waals surface area contributed by atoms with E-state index in [4.69, 9.17) is 13.9 Å². The summed E-state index contributed by atoms with van der Waals surface area (Å²) in [6.45, 7) is 0.320. The van der Waals surface area contributed by atoms with E-state index in [2.05, 4.69) is 0 Å². The minimum atomic E-state index is -0.476. The topological polar surface area (TPSA) is 65.7 Å². The van der Waals surface area contributed by atoms with Crippen LogP contribution in [-0.4, -0.2) is 12.6 Å². The van der Waals surface area contributed by atoms with E-state index in [0.29, 0.717) is 28.9 Å². The van der Waals surface area contributed by atoms with Crippen molar-refractivity contribution in [2.45, 2.75) is 12.3 Å². The first-order chi connectivity index (χ1) is 12.7. The number of carbonyl (C=O) groups is 1. The number of para-hydroxylation sites is 2. The van der Waals surface area contributed by atoms with Crippen LogP contribution in [0, 0.1) is 0 Å². The molecule has 0 bridgehead atoms. The van der Waals surface area contributed by atoms with E-state index >= 15 is 0 Å². The maximum absolute atomic E-state index is 12.7.